The predicted molar refractivity (Wildman–Crippen MR) is 166 cm³/mol. The number of carbonyl (C=O) groups excluding carboxylic acids is 1. The van der Waals surface area contributed by atoms with E-state index in [1.54, 1.807) is 6.33 Å². The highest BCUT2D eigenvalue weighted by molar-refractivity contribution is 5.95. The van der Waals surface area contributed by atoms with Crippen molar-refractivity contribution in [2.24, 2.45) is 0 Å². The summed E-state index contributed by atoms with van der Waals surface area (Å²) in [6.45, 7) is 8.12. The molecule has 42 heavy (non-hydrogen) atoms. The first-order chi connectivity index (χ1) is 20.4. The molecule has 4 aromatic heterocycles. The number of anilines is 1. The Kier molecular flexibility index (Phi) is 8.11. The van der Waals surface area contributed by atoms with E-state index in [1.165, 1.54) is 12.8 Å². The Balaban J connectivity index is 1.34. The summed E-state index contributed by atoms with van der Waals surface area (Å²) in [5.74, 6) is 1.15. The van der Waals surface area contributed by atoms with Gasteiger partial charge in [0.15, 0.2) is 0 Å². The van der Waals surface area contributed by atoms with Gasteiger partial charge in [0.2, 0.25) is 0 Å². The zero-order valence-electron chi connectivity index (χ0n) is 24.9. The fourth-order valence-corrected chi connectivity index (χ4v) is 6.48. The monoisotopic (exact) mass is 567 g/mol. The highest BCUT2D eigenvalue weighted by Gasteiger charge is 2.24. The van der Waals surface area contributed by atoms with Crippen molar-refractivity contribution in [2.75, 3.05) is 38.1 Å². The second-order valence-electron chi connectivity index (χ2n) is 11.9. The number of carbonyl (C=O) groups is 1. The van der Waals surface area contributed by atoms with Crippen LogP contribution in [0.15, 0.2) is 47.7 Å². The van der Waals surface area contributed by atoms with Gasteiger partial charge in [0.05, 0.1) is 11.2 Å². The number of piperazine rings is 1. The quantitative estimate of drug-likeness (QED) is 0.321. The Labute approximate surface area is 247 Å². The predicted octanol–water partition coefficient (Wildman–Crippen LogP) is 4.68. The smallest absolute Gasteiger partial charge is 0.268 e. The molecular formula is C33H41N7O2. The van der Waals surface area contributed by atoms with E-state index < -0.39 is 0 Å². The van der Waals surface area contributed by atoms with Gasteiger partial charge in [-0.15, -0.1) is 0 Å². The molecule has 9 heteroatoms. The van der Waals surface area contributed by atoms with E-state index in [-0.39, 0.29) is 18.0 Å². The van der Waals surface area contributed by atoms with Gasteiger partial charge in [-0.05, 0) is 74.7 Å². The lowest BCUT2D eigenvalue weighted by molar-refractivity contribution is 0.0944. The van der Waals surface area contributed by atoms with Gasteiger partial charge in [0, 0.05) is 61.7 Å². The first-order valence-electron chi connectivity index (χ1n) is 15.3. The summed E-state index contributed by atoms with van der Waals surface area (Å²) in [5, 5.41) is 3.05. The minimum atomic E-state index is -0.235. The Morgan fingerprint density at radius 1 is 1.05 bits per heavy atom. The first kappa shape index (κ1) is 28.2. The Bertz CT molecular complexity index is 1620. The number of aromatic nitrogens is 4. The number of imidazole rings is 1. The molecule has 0 bridgehead atoms. The average Bonchev–Trinajstić information content (AvgIpc) is 3.67. The summed E-state index contributed by atoms with van der Waals surface area (Å²) in [6, 6.07) is 10.3. The van der Waals surface area contributed by atoms with Gasteiger partial charge in [-0.3, -0.25) is 14.0 Å². The lowest BCUT2D eigenvalue weighted by Gasteiger charge is -2.33. The number of nitrogens with zero attached hydrogens (tertiary/aromatic N) is 5. The number of fused-ring (bicyclic) bond motifs is 1. The molecule has 0 aromatic carbocycles. The summed E-state index contributed by atoms with van der Waals surface area (Å²) >= 11 is 0. The van der Waals surface area contributed by atoms with E-state index in [1.807, 2.05) is 29.7 Å². The van der Waals surface area contributed by atoms with Crippen LogP contribution in [0.4, 0.5) is 5.82 Å². The fraction of sp³-hybridized carbons (Fsp3) is 0.455. The molecule has 9 nitrogen and oxygen atoms in total. The fourth-order valence-electron chi connectivity index (χ4n) is 6.48. The topological polar surface area (TPSA) is 98.6 Å². The molecule has 1 amide bonds. The molecule has 2 N–H and O–H groups in total. The second kappa shape index (κ2) is 12.1. The van der Waals surface area contributed by atoms with Gasteiger partial charge < -0.3 is 20.1 Å². The Morgan fingerprint density at radius 2 is 1.83 bits per heavy atom. The summed E-state index contributed by atoms with van der Waals surface area (Å²) in [6.07, 6.45) is 10.1. The number of aromatic amines is 1. The second-order valence-corrected chi connectivity index (χ2v) is 11.9. The highest BCUT2D eigenvalue weighted by Crippen LogP contribution is 2.37. The zero-order chi connectivity index (χ0) is 29.2. The maximum Gasteiger partial charge on any atom is 0.268 e. The molecule has 4 aromatic rings. The van der Waals surface area contributed by atoms with Crippen LogP contribution in [0.5, 0.6) is 0 Å². The van der Waals surface area contributed by atoms with E-state index in [2.05, 4.69) is 52.3 Å². The molecule has 1 saturated carbocycles. The third kappa shape index (κ3) is 5.70. The average molecular weight is 568 g/mol. The van der Waals surface area contributed by atoms with Crippen LogP contribution in [0.1, 0.15) is 77.9 Å². The summed E-state index contributed by atoms with van der Waals surface area (Å²) in [7, 11) is 2.15. The minimum absolute atomic E-state index is 0.143. The van der Waals surface area contributed by atoms with Crippen molar-refractivity contribution in [2.45, 2.75) is 64.8 Å². The maximum absolute atomic E-state index is 13.8. The van der Waals surface area contributed by atoms with Gasteiger partial charge in [-0.2, -0.15) is 0 Å². The van der Waals surface area contributed by atoms with Gasteiger partial charge in [-0.1, -0.05) is 26.2 Å². The lowest BCUT2D eigenvalue weighted by atomic mass is 10.0. The van der Waals surface area contributed by atoms with Crippen molar-refractivity contribution in [3.8, 4) is 11.1 Å². The standard InChI is InChI=1S/C33H41N7O2/c1-4-7-24-16-22(2)37-32(41)27(24)20-35-33(42)29-18-26(17-28-31(36-21-40(28)29)23-8-5-6-9-23)25-10-11-30(34-19-25)39-14-12-38(3)13-15-39/h10-11,16-19,21,23H,4-9,12-15,20H2,1-3H3,(H,35,42)(H,37,41). The van der Waals surface area contributed by atoms with Crippen molar-refractivity contribution < 1.29 is 4.79 Å². The summed E-state index contributed by atoms with van der Waals surface area (Å²) in [4.78, 5) is 43.8. The van der Waals surface area contributed by atoms with Gasteiger partial charge >= 0.3 is 0 Å². The molecule has 5 heterocycles. The van der Waals surface area contributed by atoms with Crippen molar-refractivity contribution in [3.05, 3.63) is 81.4 Å². The molecule has 0 atom stereocenters. The highest BCUT2D eigenvalue weighted by atomic mass is 16.2. The van der Waals surface area contributed by atoms with Crippen molar-refractivity contribution in [1.82, 2.24) is 29.6 Å². The van der Waals surface area contributed by atoms with E-state index in [0.717, 1.165) is 91.3 Å². The number of likely N-dealkylation sites (N-methyl/N-ethyl adjacent to an activating group) is 1. The summed E-state index contributed by atoms with van der Waals surface area (Å²) in [5.41, 5.74) is 6.71. The van der Waals surface area contributed by atoms with Crippen LogP contribution >= 0.6 is 0 Å². The number of aryl methyl sites for hydroxylation is 2. The molecule has 1 aliphatic carbocycles. The first-order valence-corrected chi connectivity index (χ1v) is 15.3. The SMILES string of the molecule is CCCc1cc(C)[nH]c(=O)c1CNC(=O)c1cc(-c2ccc(N3CCN(C)CC3)nc2)cc2c(C3CCCC3)ncn12. The molecule has 0 unspecified atom stereocenters. The third-order valence-electron chi connectivity index (χ3n) is 8.87. The molecule has 220 valence electrons. The van der Waals surface area contributed by atoms with E-state index >= 15 is 0 Å². The number of pyridine rings is 3. The van der Waals surface area contributed by atoms with Crippen molar-refractivity contribution in [3.63, 3.8) is 0 Å². The largest absolute Gasteiger partial charge is 0.354 e. The molecule has 1 aliphatic heterocycles. The van der Waals surface area contributed by atoms with Crippen molar-refractivity contribution in [1.29, 1.82) is 0 Å². The van der Waals surface area contributed by atoms with Gasteiger partial charge in [0.1, 0.15) is 17.8 Å². The van der Waals surface area contributed by atoms with Crippen LogP contribution in [-0.2, 0) is 13.0 Å². The summed E-state index contributed by atoms with van der Waals surface area (Å²) < 4.78 is 1.91. The Hall–Kier alpha value is -3.98. The lowest BCUT2D eigenvalue weighted by Crippen LogP contribution is -2.44. The van der Waals surface area contributed by atoms with E-state index in [9.17, 15) is 9.59 Å². The normalized spacial score (nSPS) is 16.4. The number of hydrogen-bond acceptors (Lipinski definition) is 6. The van der Waals surface area contributed by atoms with Crippen LogP contribution in [0, 0.1) is 6.92 Å². The third-order valence-corrected chi connectivity index (χ3v) is 8.87. The molecule has 2 aliphatic rings. The number of rotatable bonds is 8. The number of H-pyrrole nitrogens is 1. The van der Waals surface area contributed by atoms with Gasteiger partial charge in [0.25, 0.3) is 11.5 Å². The van der Waals surface area contributed by atoms with Crippen LogP contribution in [0.2, 0.25) is 0 Å². The van der Waals surface area contributed by atoms with Crippen molar-refractivity contribution >= 4 is 17.2 Å². The van der Waals surface area contributed by atoms with Crippen LogP contribution in [-0.4, -0.2) is 63.4 Å². The maximum atomic E-state index is 13.8. The zero-order valence-corrected chi connectivity index (χ0v) is 24.9. The molecular weight excluding hydrogens is 526 g/mol. The number of hydrogen-bond donors (Lipinski definition) is 2. The van der Waals surface area contributed by atoms with Crippen LogP contribution in [0.3, 0.4) is 0 Å². The Morgan fingerprint density at radius 3 is 2.55 bits per heavy atom. The molecule has 6 rings (SSSR count). The molecule has 1 saturated heterocycles. The van der Waals surface area contributed by atoms with E-state index in [4.69, 9.17) is 9.97 Å². The van der Waals surface area contributed by atoms with Gasteiger partial charge in [-0.25, -0.2) is 9.97 Å². The van der Waals surface area contributed by atoms with E-state index in [0.29, 0.717) is 17.2 Å². The van der Waals surface area contributed by atoms with Crippen LogP contribution in [0.25, 0.3) is 16.6 Å². The molecule has 0 radical (unpaired) electrons. The molecule has 2 fully saturated rings. The van der Waals surface area contributed by atoms with Crippen LogP contribution < -0.4 is 15.8 Å². The minimum Gasteiger partial charge on any atom is -0.354 e. The number of amides is 1. The molecule has 0 spiro atoms. The number of nitrogens with one attached hydrogen (secondary N) is 2.